The number of hydrogen-bond acceptors (Lipinski definition) is 3. The molecule has 0 radical (unpaired) electrons. The molecule has 0 fully saturated rings. The standard InChI is InChI=1S/C11H22N2O/c1-5-6-12-7-8-13(11(2)3)9-10-14-4/h1,11-12H,6-10H2,2-4H3. The van der Waals surface area contributed by atoms with E-state index < -0.39 is 0 Å². The zero-order valence-electron chi connectivity index (χ0n) is 9.55. The van der Waals surface area contributed by atoms with Gasteiger partial charge in [0, 0.05) is 32.8 Å². The molecule has 0 unspecified atom stereocenters. The van der Waals surface area contributed by atoms with Crippen molar-refractivity contribution in [1.82, 2.24) is 10.2 Å². The maximum Gasteiger partial charge on any atom is 0.0589 e. The molecule has 0 aromatic rings. The third-order valence-electron chi connectivity index (χ3n) is 2.12. The van der Waals surface area contributed by atoms with Gasteiger partial charge >= 0.3 is 0 Å². The van der Waals surface area contributed by atoms with Crippen LogP contribution in [-0.4, -0.2) is 50.8 Å². The first-order chi connectivity index (χ1) is 6.72. The summed E-state index contributed by atoms with van der Waals surface area (Å²) >= 11 is 0. The Balaban J connectivity index is 3.58. The molecule has 82 valence electrons. The van der Waals surface area contributed by atoms with Gasteiger partial charge in [0.05, 0.1) is 13.2 Å². The monoisotopic (exact) mass is 198 g/mol. The minimum Gasteiger partial charge on any atom is -0.383 e. The van der Waals surface area contributed by atoms with Crippen LogP contribution < -0.4 is 5.32 Å². The van der Waals surface area contributed by atoms with Crippen LogP contribution in [0.2, 0.25) is 0 Å². The van der Waals surface area contributed by atoms with Crippen molar-refractivity contribution >= 4 is 0 Å². The van der Waals surface area contributed by atoms with E-state index in [-0.39, 0.29) is 0 Å². The molecule has 1 N–H and O–H groups in total. The van der Waals surface area contributed by atoms with Crippen molar-refractivity contribution in [3.05, 3.63) is 0 Å². The van der Waals surface area contributed by atoms with Crippen LogP contribution in [0.1, 0.15) is 13.8 Å². The second-order valence-corrected chi connectivity index (χ2v) is 3.50. The second-order valence-electron chi connectivity index (χ2n) is 3.50. The van der Waals surface area contributed by atoms with Crippen molar-refractivity contribution in [2.75, 3.05) is 39.9 Å². The maximum atomic E-state index is 5.14. The number of nitrogens with zero attached hydrogens (tertiary/aromatic N) is 1. The van der Waals surface area contributed by atoms with E-state index >= 15 is 0 Å². The lowest BCUT2D eigenvalue weighted by Gasteiger charge is -2.25. The molecule has 0 heterocycles. The SMILES string of the molecule is C#CCNCCN(CCOC)C(C)C. The average Bonchev–Trinajstić information content (AvgIpc) is 2.16. The summed E-state index contributed by atoms with van der Waals surface area (Å²) in [7, 11) is 1.73. The fourth-order valence-electron chi connectivity index (χ4n) is 1.22. The average molecular weight is 198 g/mol. The molecule has 0 aliphatic carbocycles. The van der Waals surface area contributed by atoms with E-state index in [0.29, 0.717) is 12.6 Å². The summed E-state index contributed by atoms with van der Waals surface area (Å²) in [6, 6.07) is 0.554. The predicted molar refractivity (Wildman–Crippen MR) is 60.3 cm³/mol. The minimum absolute atomic E-state index is 0.554. The highest BCUT2D eigenvalue weighted by molar-refractivity contribution is 4.86. The van der Waals surface area contributed by atoms with Gasteiger partial charge in [0.15, 0.2) is 0 Å². The summed E-state index contributed by atoms with van der Waals surface area (Å²) < 4.78 is 5.06. The molecule has 0 atom stereocenters. The molecule has 3 heteroatoms. The van der Waals surface area contributed by atoms with Gasteiger partial charge in [-0.15, -0.1) is 6.42 Å². The highest BCUT2D eigenvalue weighted by Gasteiger charge is 2.07. The van der Waals surface area contributed by atoms with Gasteiger partial charge in [-0.2, -0.15) is 0 Å². The number of terminal acetylenes is 1. The van der Waals surface area contributed by atoms with Crippen molar-refractivity contribution in [1.29, 1.82) is 0 Å². The molecule has 0 rings (SSSR count). The summed E-state index contributed by atoms with van der Waals surface area (Å²) in [5, 5.41) is 3.18. The molecule has 0 spiro atoms. The number of methoxy groups -OCH3 is 1. The van der Waals surface area contributed by atoms with Crippen LogP contribution in [-0.2, 0) is 4.74 Å². The van der Waals surface area contributed by atoms with E-state index in [1.54, 1.807) is 7.11 Å². The molecule has 0 saturated heterocycles. The third-order valence-corrected chi connectivity index (χ3v) is 2.12. The Morgan fingerprint density at radius 1 is 1.43 bits per heavy atom. The van der Waals surface area contributed by atoms with E-state index in [1.165, 1.54) is 0 Å². The Morgan fingerprint density at radius 2 is 2.14 bits per heavy atom. The van der Waals surface area contributed by atoms with Crippen molar-refractivity contribution in [2.24, 2.45) is 0 Å². The number of rotatable bonds is 8. The lowest BCUT2D eigenvalue weighted by Crippen LogP contribution is -2.39. The van der Waals surface area contributed by atoms with Crippen LogP contribution in [0.5, 0.6) is 0 Å². The summed E-state index contributed by atoms with van der Waals surface area (Å²) in [5.41, 5.74) is 0. The van der Waals surface area contributed by atoms with Gasteiger partial charge in [0.1, 0.15) is 0 Å². The lowest BCUT2D eigenvalue weighted by molar-refractivity contribution is 0.130. The number of ether oxygens (including phenoxy) is 1. The van der Waals surface area contributed by atoms with Crippen LogP contribution in [0.3, 0.4) is 0 Å². The first-order valence-corrected chi connectivity index (χ1v) is 5.09. The highest BCUT2D eigenvalue weighted by Crippen LogP contribution is 1.96. The lowest BCUT2D eigenvalue weighted by atomic mass is 10.3. The normalized spacial score (nSPS) is 10.9. The highest BCUT2D eigenvalue weighted by atomic mass is 16.5. The molecule has 0 aromatic heterocycles. The molecule has 0 amide bonds. The quantitative estimate of drug-likeness (QED) is 0.456. The minimum atomic E-state index is 0.554. The van der Waals surface area contributed by atoms with Crippen LogP contribution >= 0.6 is 0 Å². The topological polar surface area (TPSA) is 24.5 Å². The first kappa shape index (κ1) is 13.4. The van der Waals surface area contributed by atoms with Gasteiger partial charge in [0.2, 0.25) is 0 Å². The van der Waals surface area contributed by atoms with Gasteiger partial charge in [-0.05, 0) is 13.8 Å². The largest absolute Gasteiger partial charge is 0.383 e. The summed E-state index contributed by atoms with van der Waals surface area (Å²) in [5.74, 6) is 2.56. The van der Waals surface area contributed by atoms with E-state index in [0.717, 1.165) is 26.2 Å². The molecule has 0 saturated carbocycles. The van der Waals surface area contributed by atoms with Crippen molar-refractivity contribution in [3.8, 4) is 12.3 Å². The Morgan fingerprint density at radius 3 is 2.64 bits per heavy atom. The van der Waals surface area contributed by atoms with Crippen molar-refractivity contribution in [2.45, 2.75) is 19.9 Å². The van der Waals surface area contributed by atoms with Crippen LogP contribution in [0, 0.1) is 12.3 Å². The molecule has 3 nitrogen and oxygen atoms in total. The summed E-state index contributed by atoms with van der Waals surface area (Å²) in [6.45, 7) is 8.75. The zero-order chi connectivity index (χ0) is 10.8. The zero-order valence-corrected chi connectivity index (χ0v) is 9.55. The molecule has 0 aliphatic heterocycles. The van der Waals surface area contributed by atoms with E-state index in [9.17, 15) is 0 Å². The molecule has 0 bridgehead atoms. The molecular weight excluding hydrogens is 176 g/mol. The third kappa shape index (κ3) is 6.90. The van der Waals surface area contributed by atoms with Crippen molar-refractivity contribution in [3.63, 3.8) is 0 Å². The smallest absolute Gasteiger partial charge is 0.0589 e. The molecule has 0 aromatic carbocycles. The first-order valence-electron chi connectivity index (χ1n) is 5.09. The maximum absolute atomic E-state index is 5.14. The van der Waals surface area contributed by atoms with Crippen LogP contribution in [0.15, 0.2) is 0 Å². The Bertz CT molecular complexity index is 163. The van der Waals surface area contributed by atoms with E-state index in [4.69, 9.17) is 11.2 Å². The van der Waals surface area contributed by atoms with Gasteiger partial charge in [-0.1, -0.05) is 5.92 Å². The number of hydrogen-bond donors (Lipinski definition) is 1. The Labute approximate surface area is 87.8 Å². The Hall–Kier alpha value is -0.560. The van der Waals surface area contributed by atoms with Gasteiger partial charge in [-0.3, -0.25) is 4.90 Å². The van der Waals surface area contributed by atoms with E-state index in [2.05, 4.69) is 30.0 Å². The van der Waals surface area contributed by atoms with Crippen LogP contribution in [0.25, 0.3) is 0 Å². The fraction of sp³-hybridized carbons (Fsp3) is 0.818. The second kappa shape index (κ2) is 9.01. The van der Waals surface area contributed by atoms with Crippen molar-refractivity contribution < 1.29 is 4.74 Å². The molecular formula is C11H22N2O. The van der Waals surface area contributed by atoms with E-state index in [1.807, 2.05) is 0 Å². The number of nitrogens with one attached hydrogen (secondary N) is 1. The molecule has 0 aliphatic rings. The summed E-state index contributed by atoms with van der Waals surface area (Å²) in [6.07, 6.45) is 5.14. The van der Waals surface area contributed by atoms with Gasteiger partial charge in [0.25, 0.3) is 0 Å². The summed E-state index contributed by atoms with van der Waals surface area (Å²) in [4.78, 5) is 2.37. The molecule has 14 heavy (non-hydrogen) atoms. The fourth-order valence-corrected chi connectivity index (χ4v) is 1.22. The predicted octanol–water partition coefficient (Wildman–Crippen LogP) is 0.566. The van der Waals surface area contributed by atoms with Crippen LogP contribution in [0.4, 0.5) is 0 Å². The van der Waals surface area contributed by atoms with Gasteiger partial charge in [-0.25, -0.2) is 0 Å². The van der Waals surface area contributed by atoms with Gasteiger partial charge < -0.3 is 10.1 Å². The Kier molecular flexibility index (Phi) is 8.65.